The van der Waals surface area contributed by atoms with Crippen LogP contribution >= 0.6 is 0 Å². The van der Waals surface area contributed by atoms with Gasteiger partial charge in [-0.3, -0.25) is 5.10 Å². The highest BCUT2D eigenvalue weighted by Crippen LogP contribution is 2.27. The Labute approximate surface area is 148 Å². The van der Waals surface area contributed by atoms with Crippen molar-refractivity contribution in [3.05, 3.63) is 35.4 Å². The molecular formula is C17H18N8O. The van der Waals surface area contributed by atoms with E-state index in [1.165, 1.54) is 0 Å². The SMILES string of the molecule is Cc1cc(C)n2ncc(-c3noc(-c4cc(C5CCNC5)[nH]n4)n3)c2n1. The molecule has 1 aliphatic heterocycles. The molecule has 0 spiro atoms. The number of hydrogen-bond acceptors (Lipinski definition) is 7. The smallest absolute Gasteiger partial charge is 0.278 e. The molecule has 0 aromatic carbocycles. The summed E-state index contributed by atoms with van der Waals surface area (Å²) in [5, 5.41) is 19.3. The van der Waals surface area contributed by atoms with Gasteiger partial charge >= 0.3 is 0 Å². The molecule has 9 heteroatoms. The topological polar surface area (TPSA) is 110 Å². The average molecular weight is 350 g/mol. The lowest BCUT2D eigenvalue weighted by molar-refractivity contribution is 0.431. The molecule has 1 unspecified atom stereocenters. The summed E-state index contributed by atoms with van der Waals surface area (Å²) < 4.78 is 7.21. The Balaban J connectivity index is 1.51. The second kappa shape index (κ2) is 5.73. The van der Waals surface area contributed by atoms with Crippen LogP contribution in [0.15, 0.2) is 22.9 Å². The molecule has 1 fully saturated rings. The molecule has 0 aliphatic carbocycles. The Morgan fingerprint density at radius 2 is 2.15 bits per heavy atom. The molecule has 132 valence electrons. The summed E-state index contributed by atoms with van der Waals surface area (Å²) in [4.78, 5) is 9.06. The maximum atomic E-state index is 5.44. The third kappa shape index (κ3) is 2.39. The first kappa shape index (κ1) is 15.2. The molecule has 26 heavy (non-hydrogen) atoms. The number of H-pyrrole nitrogens is 1. The average Bonchev–Trinajstić information content (AvgIpc) is 3.38. The maximum Gasteiger partial charge on any atom is 0.278 e. The lowest BCUT2D eigenvalue weighted by Gasteiger charge is -2.02. The summed E-state index contributed by atoms with van der Waals surface area (Å²) in [5.41, 5.74) is 5.13. The van der Waals surface area contributed by atoms with E-state index in [0.29, 0.717) is 23.3 Å². The molecule has 1 aliphatic rings. The van der Waals surface area contributed by atoms with E-state index in [9.17, 15) is 0 Å². The third-order valence-electron chi connectivity index (χ3n) is 4.76. The maximum absolute atomic E-state index is 5.44. The Kier molecular flexibility index (Phi) is 3.35. The van der Waals surface area contributed by atoms with E-state index >= 15 is 0 Å². The van der Waals surface area contributed by atoms with Crippen LogP contribution in [-0.4, -0.2) is 48.0 Å². The zero-order valence-corrected chi connectivity index (χ0v) is 14.5. The molecule has 0 radical (unpaired) electrons. The van der Waals surface area contributed by atoms with E-state index in [-0.39, 0.29) is 0 Å². The predicted octanol–water partition coefficient (Wildman–Crippen LogP) is 1.86. The second-order valence-corrected chi connectivity index (χ2v) is 6.65. The van der Waals surface area contributed by atoms with Crippen LogP contribution in [0.25, 0.3) is 28.6 Å². The van der Waals surface area contributed by atoms with Crippen LogP contribution in [0.1, 0.15) is 29.4 Å². The lowest BCUT2D eigenvalue weighted by atomic mass is 10.1. The fourth-order valence-corrected chi connectivity index (χ4v) is 3.44. The molecule has 5 heterocycles. The monoisotopic (exact) mass is 350 g/mol. The van der Waals surface area contributed by atoms with Gasteiger partial charge in [0.05, 0.1) is 11.8 Å². The molecule has 9 nitrogen and oxygen atoms in total. The van der Waals surface area contributed by atoms with Crippen molar-refractivity contribution in [2.75, 3.05) is 13.1 Å². The van der Waals surface area contributed by atoms with Gasteiger partial charge in [-0.2, -0.15) is 15.2 Å². The van der Waals surface area contributed by atoms with Crippen LogP contribution in [0.4, 0.5) is 0 Å². The molecule has 5 rings (SSSR count). The first-order valence-corrected chi connectivity index (χ1v) is 8.61. The minimum atomic E-state index is 0.386. The van der Waals surface area contributed by atoms with E-state index in [2.05, 4.69) is 35.7 Å². The van der Waals surface area contributed by atoms with Crippen molar-refractivity contribution in [1.82, 2.24) is 40.3 Å². The Hall–Kier alpha value is -3.07. The van der Waals surface area contributed by atoms with Gasteiger partial charge in [-0.05, 0) is 38.9 Å². The molecule has 0 saturated carbocycles. The Morgan fingerprint density at radius 3 is 3.00 bits per heavy atom. The molecule has 4 aromatic rings. The van der Waals surface area contributed by atoms with Crippen LogP contribution in [0.2, 0.25) is 0 Å². The number of hydrogen-bond donors (Lipinski definition) is 2. The predicted molar refractivity (Wildman–Crippen MR) is 93.6 cm³/mol. The first-order chi connectivity index (χ1) is 12.7. The minimum absolute atomic E-state index is 0.386. The van der Waals surface area contributed by atoms with Gasteiger partial charge in [0, 0.05) is 29.5 Å². The molecule has 4 aromatic heterocycles. The first-order valence-electron chi connectivity index (χ1n) is 8.61. The van der Waals surface area contributed by atoms with Crippen LogP contribution in [0.5, 0.6) is 0 Å². The van der Waals surface area contributed by atoms with Gasteiger partial charge < -0.3 is 9.84 Å². The molecule has 0 amide bonds. The fourth-order valence-electron chi connectivity index (χ4n) is 3.44. The highest BCUT2D eigenvalue weighted by atomic mass is 16.5. The molecular weight excluding hydrogens is 332 g/mol. The number of nitrogens with one attached hydrogen (secondary N) is 2. The molecule has 1 atom stereocenters. The molecule has 1 saturated heterocycles. The van der Waals surface area contributed by atoms with Crippen molar-refractivity contribution < 1.29 is 4.52 Å². The van der Waals surface area contributed by atoms with Crippen molar-refractivity contribution in [2.24, 2.45) is 0 Å². The number of aromatic nitrogens is 7. The zero-order chi connectivity index (χ0) is 17.7. The number of aryl methyl sites for hydroxylation is 2. The van der Waals surface area contributed by atoms with E-state index in [0.717, 1.165) is 47.8 Å². The number of nitrogens with zero attached hydrogens (tertiary/aromatic N) is 6. The van der Waals surface area contributed by atoms with E-state index in [4.69, 9.17) is 4.52 Å². The van der Waals surface area contributed by atoms with Crippen LogP contribution < -0.4 is 5.32 Å². The van der Waals surface area contributed by atoms with Gasteiger partial charge in [-0.25, -0.2) is 9.50 Å². The van der Waals surface area contributed by atoms with Gasteiger partial charge in [0.1, 0.15) is 0 Å². The summed E-state index contributed by atoms with van der Waals surface area (Å²) >= 11 is 0. The second-order valence-electron chi connectivity index (χ2n) is 6.65. The van der Waals surface area contributed by atoms with Crippen molar-refractivity contribution >= 4 is 5.65 Å². The minimum Gasteiger partial charge on any atom is -0.332 e. The van der Waals surface area contributed by atoms with Gasteiger partial charge in [-0.15, -0.1) is 0 Å². The normalized spacial score (nSPS) is 17.4. The van der Waals surface area contributed by atoms with Crippen molar-refractivity contribution in [1.29, 1.82) is 0 Å². The summed E-state index contributed by atoms with van der Waals surface area (Å²) in [7, 11) is 0. The van der Waals surface area contributed by atoms with Crippen molar-refractivity contribution in [3.63, 3.8) is 0 Å². The third-order valence-corrected chi connectivity index (χ3v) is 4.76. The van der Waals surface area contributed by atoms with Crippen LogP contribution in [0, 0.1) is 13.8 Å². The number of fused-ring (bicyclic) bond motifs is 1. The summed E-state index contributed by atoms with van der Waals surface area (Å²) in [6, 6.07) is 3.96. The highest BCUT2D eigenvalue weighted by Gasteiger charge is 2.22. The van der Waals surface area contributed by atoms with Gasteiger partial charge in [0.15, 0.2) is 11.3 Å². The molecule has 0 bridgehead atoms. The quantitative estimate of drug-likeness (QED) is 0.580. The van der Waals surface area contributed by atoms with E-state index in [1.54, 1.807) is 10.7 Å². The number of aromatic amines is 1. The molecule has 2 N–H and O–H groups in total. The van der Waals surface area contributed by atoms with Crippen LogP contribution in [-0.2, 0) is 0 Å². The number of rotatable bonds is 3. The van der Waals surface area contributed by atoms with Crippen LogP contribution in [0.3, 0.4) is 0 Å². The fraction of sp³-hybridized carbons (Fsp3) is 0.353. The van der Waals surface area contributed by atoms with Gasteiger partial charge in [0.25, 0.3) is 5.89 Å². The summed E-state index contributed by atoms with van der Waals surface area (Å²) in [5.74, 6) is 1.30. The highest BCUT2D eigenvalue weighted by molar-refractivity contribution is 5.73. The summed E-state index contributed by atoms with van der Waals surface area (Å²) in [6.45, 7) is 5.94. The van der Waals surface area contributed by atoms with Crippen molar-refractivity contribution in [3.8, 4) is 23.0 Å². The van der Waals surface area contributed by atoms with E-state index in [1.807, 2.05) is 26.0 Å². The van der Waals surface area contributed by atoms with Gasteiger partial charge in [-0.1, -0.05) is 5.16 Å². The van der Waals surface area contributed by atoms with E-state index < -0.39 is 0 Å². The largest absolute Gasteiger partial charge is 0.332 e. The van der Waals surface area contributed by atoms with Crippen molar-refractivity contribution in [2.45, 2.75) is 26.2 Å². The Morgan fingerprint density at radius 1 is 1.23 bits per heavy atom. The lowest BCUT2D eigenvalue weighted by Crippen LogP contribution is -2.08. The zero-order valence-electron chi connectivity index (χ0n) is 14.5. The Bertz CT molecular complexity index is 1090. The standard InChI is InChI=1S/C17H18N8O/c1-9-5-10(2)25-16(20-9)12(8-19-25)15-21-17(26-24-15)14-6-13(22-23-14)11-3-4-18-7-11/h5-6,8,11,18H,3-4,7H2,1-2H3,(H,22,23). The summed E-state index contributed by atoms with van der Waals surface area (Å²) in [6.07, 6.45) is 2.81. The van der Waals surface area contributed by atoms with Gasteiger partial charge in [0.2, 0.25) is 5.82 Å².